The molecule has 0 saturated heterocycles. The van der Waals surface area contributed by atoms with Crippen LogP contribution < -0.4 is 11.1 Å². The number of phenolic OH excluding ortho intramolecular Hbond substituents is 1. The molecule has 7 heteroatoms. The maximum Gasteiger partial charge on any atom is 0.273 e. The van der Waals surface area contributed by atoms with E-state index in [1.807, 2.05) is 6.92 Å². The number of rotatable bonds is 5. The fraction of sp³-hybridized carbons (Fsp3) is 0.364. The van der Waals surface area contributed by atoms with Gasteiger partial charge in [0.2, 0.25) is 5.91 Å². The highest BCUT2D eigenvalue weighted by Crippen LogP contribution is 2.27. The number of aromatic hydroxyl groups is 1. The molecule has 0 unspecified atom stereocenters. The summed E-state index contributed by atoms with van der Waals surface area (Å²) in [6.07, 6.45) is 1.29. The molecular weight excluding hydrogens is 238 g/mol. The molecule has 0 radical (unpaired) electrons. The molecule has 1 aromatic carbocycles. The quantitative estimate of drug-likeness (QED) is 0.416. The Morgan fingerprint density at radius 1 is 1.61 bits per heavy atom. The molecule has 1 rings (SSSR count). The number of amides is 1. The number of nitrogens with zero attached hydrogens (tertiary/aromatic N) is 1. The Morgan fingerprint density at radius 2 is 2.28 bits per heavy atom. The number of carbonyl (C=O) groups excluding carboxylic acids is 1. The first kappa shape index (κ1) is 13.9. The molecule has 0 aromatic heterocycles. The first-order valence-electron chi connectivity index (χ1n) is 5.49. The highest BCUT2D eigenvalue weighted by molar-refractivity contribution is 5.96. The van der Waals surface area contributed by atoms with Gasteiger partial charge in [0.25, 0.3) is 5.69 Å². The van der Waals surface area contributed by atoms with Crippen molar-refractivity contribution in [1.29, 1.82) is 0 Å². The predicted molar refractivity (Wildman–Crippen MR) is 66.3 cm³/mol. The predicted octanol–water partition coefficient (Wildman–Crippen LogP) is 1.37. The van der Waals surface area contributed by atoms with E-state index in [2.05, 4.69) is 5.32 Å². The molecule has 1 amide bonds. The molecule has 0 fully saturated rings. The second-order valence-corrected chi connectivity index (χ2v) is 3.84. The summed E-state index contributed by atoms with van der Waals surface area (Å²) in [5.74, 6) is -0.790. The Labute approximate surface area is 104 Å². The molecule has 18 heavy (non-hydrogen) atoms. The fourth-order valence-electron chi connectivity index (χ4n) is 1.41. The van der Waals surface area contributed by atoms with Crippen LogP contribution in [0.3, 0.4) is 0 Å². The summed E-state index contributed by atoms with van der Waals surface area (Å²) in [4.78, 5) is 21.4. The molecule has 0 aliphatic carbocycles. The normalized spacial score (nSPS) is 11.9. The van der Waals surface area contributed by atoms with E-state index in [1.54, 1.807) is 0 Å². The van der Waals surface area contributed by atoms with Gasteiger partial charge in [-0.1, -0.05) is 13.3 Å². The lowest BCUT2D eigenvalue weighted by Crippen LogP contribution is -2.35. The molecule has 0 aliphatic rings. The lowest BCUT2D eigenvalue weighted by Gasteiger charge is -2.11. The van der Waals surface area contributed by atoms with Crippen molar-refractivity contribution in [3.8, 4) is 5.75 Å². The number of nitrogens with two attached hydrogens (primary N) is 1. The smallest absolute Gasteiger partial charge is 0.273 e. The Hall–Kier alpha value is -2.15. The van der Waals surface area contributed by atoms with Gasteiger partial charge in [-0.25, -0.2) is 0 Å². The minimum Gasteiger partial charge on any atom is -0.506 e. The van der Waals surface area contributed by atoms with Crippen LogP contribution in [0.15, 0.2) is 18.2 Å². The monoisotopic (exact) mass is 253 g/mol. The minimum atomic E-state index is -0.662. The van der Waals surface area contributed by atoms with Crippen molar-refractivity contribution < 1.29 is 14.8 Å². The molecule has 4 N–H and O–H groups in total. The zero-order valence-electron chi connectivity index (χ0n) is 9.92. The number of nitro benzene ring substituents is 1. The van der Waals surface area contributed by atoms with E-state index >= 15 is 0 Å². The third kappa shape index (κ3) is 3.42. The van der Waals surface area contributed by atoms with Crippen LogP contribution in [-0.4, -0.2) is 22.0 Å². The first-order valence-corrected chi connectivity index (χ1v) is 5.49. The average Bonchev–Trinajstić information content (AvgIpc) is 2.31. The molecule has 0 saturated carbocycles. The number of hydrogen-bond acceptors (Lipinski definition) is 5. The number of nitro groups is 1. The van der Waals surface area contributed by atoms with Gasteiger partial charge in [-0.15, -0.1) is 0 Å². The van der Waals surface area contributed by atoms with Crippen LogP contribution in [0.2, 0.25) is 0 Å². The molecular formula is C11H15N3O4. The lowest BCUT2D eigenvalue weighted by atomic mass is 10.1. The molecule has 98 valence electrons. The number of non-ortho nitro benzene ring substituents is 1. The molecule has 0 heterocycles. The van der Waals surface area contributed by atoms with E-state index in [9.17, 15) is 20.0 Å². The van der Waals surface area contributed by atoms with Crippen molar-refractivity contribution >= 4 is 17.3 Å². The van der Waals surface area contributed by atoms with Crippen LogP contribution in [0, 0.1) is 10.1 Å². The van der Waals surface area contributed by atoms with Crippen molar-refractivity contribution in [2.24, 2.45) is 5.73 Å². The Bertz CT molecular complexity index is 462. The summed E-state index contributed by atoms with van der Waals surface area (Å²) in [6.45, 7) is 1.90. The standard InChI is InChI=1S/C11H15N3O4/c1-2-3-8(12)11(16)13-9-5-4-7(14(17)18)6-10(9)15/h4-6,8,15H,2-3,12H2,1H3,(H,13,16)/t8-/m1/s1. The zero-order chi connectivity index (χ0) is 13.7. The van der Waals surface area contributed by atoms with Gasteiger partial charge in [-0.3, -0.25) is 14.9 Å². The lowest BCUT2D eigenvalue weighted by molar-refractivity contribution is -0.384. The van der Waals surface area contributed by atoms with Crippen LogP contribution in [0.25, 0.3) is 0 Å². The highest BCUT2D eigenvalue weighted by atomic mass is 16.6. The van der Waals surface area contributed by atoms with E-state index in [1.165, 1.54) is 12.1 Å². The van der Waals surface area contributed by atoms with Gasteiger partial charge in [0, 0.05) is 6.07 Å². The van der Waals surface area contributed by atoms with E-state index in [-0.39, 0.29) is 17.1 Å². The molecule has 0 aliphatic heterocycles. The summed E-state index contributed by atoms with van der Waals surface area (Å²) < 4.78 is 0. The van der Waals surface area contributed by atoms with Crippen molar-refractivity contribution in [2.45, 2.75) is 25.8 Å². The van der Waals surface area contributed by atoms with Crippen molar-refractivity contribution in [3.63, 3.8) is 0 Å². The van der Waals surface area contributed by atoms with E-state index in [4.69, 9.17) is 5.73 Å². The van der Waals surface area contributed by atoms with Crippen molar-refractivity contribution in [2.75, 3.05) is 5.32 Å². The fourth-order valence-corrected chi connectivity index (χ4v) is 1.41. The van der Waals surface area contributed by atoms with Crippen LogP contribution >= 0.6 is 0 Å². The number of phenols is 1. The summed E-state index contributed by atoms with van der Waals surface area (Å²) in [5.41, 5.74) is 5.46. The van der Waals surface area contributed by atoms with Gasteiger partial charge in [0.15, 0.2) is 0 Å². The van der Waals surface area contributed by atoms with Gasteiger partial charge in [0.05, 0.1) is 22.7 Å². The Kier molecular flexibility index (Phi) is 4.61. The summed E-state index contributed by atoms with van der Waals surface area (Å²) in [7, 11) is 0. The van der Waals surface area contributed by atoms with Gasteiger partial charge in [0.1, 0.15) is 5.75 Å². The Balaban J connectivity index is 2.79. The SMILES string of the molecule is CCC[C@@H](N)C(=O)Nc1ccc([N+](=O)[O-])cc1O. The number of hydrogen-bond donors (Lipinski definition) is 3. The zero-order valence-corrected chi connectivity index (χ0v) is 9.92. The Morgan fingerprint density at radius 3 is 2.78 bits per heavy atom. The van der Waals surface area contributed by atoms with Crippen LogP contribution in [0.5, 0.6) is 5.75 Å². The summed E-state index contributed by atoms with van der Waals surface area (Å²) >= 11 is 0. The summed E-state index contributed by atoms with van der Waals surface area (Å²) in [6, 6.07) is 2.77. The van der Waals surface area contributed by atoms with Gasteiger partial charge < -0.3 is 16.2 Å². The molecule has 0 bridgehead atoms. The molecule has 1 atom stereocenters. The van der Waals surface area contributed by atoms with Crippen molar-refractivity contribution in [1.82, 2.24) is 0 Å². The van der Waals surface area contributed by atoms with Gasteiger partial charge >= 0.3 is 0 Å². The number of carbonyl (C=O) groups is 1. The molecule has 0 spiro atoms. The van der Waals surface area contributed by atoms with Crippen LogP contribution in [-0.2, 0) is 4.79 Å². The van der Waals surface area contributed by atoms with E-state index in [0.717, 1.165) is 12.5 Å². The maximum atomic E-state index is 11.6. The maximum absolute atomic E-state index is 11.6. The number of anilines is 1. The van der Waals surface area contributed by atoms with Crippen LogP contribution in [0.4, 0.5) is 11.4 Å². The van der Waals surface area contributed by atoms with Gasteiger partial charge in [-0.05, 0) is 12.5 Å². The largest absolute Gasteiger partial charge is 0.506 e. The molecule has 7 nitrogen and oxygen atoms in total. The minimum absolute atomic E-state index is 0.108. The topological polar surface area (TPSA) is 118 Å². The van der Waals surface area contributed by atoms with Gasteiger partial charge in [-0.2, -0.15) is 0 Å². The third-order valence-corrected chi connectivity index (χ3v) is 2.39. The summed E-state index contributed by atoms with van der Waals surface area (Å²) in [5, 5.41) is 22.4. The highest BCUT2D eigenvalue weighted by Gasteiger charge is 2.16. The molecule has 1 aromatic rings. The average molecular weight is 253 g/mol. The second-order valence-electron chi connectivity index (χ2n) is 3.84. The second kappa shape index (κ2) is 5.97. The number of benzene rings is 1. The van der Waals surface area contributed by atoms with E-state index in [0.29, 0.717) is 6.42 Å². The number of nitrogens with one attached hydrogen (secondary N) is 1. The third-order valence-electron chi connectivity index (χ3n) is 2.39. The van der Waals surface area contributed by atoms with Crippen LogP contribution in [0.1, 0.15) is 19.8 Å². The first-order chi connectivity index (χ1) is 8.45. The van der Waals surface area contributed by atoms with Crippen molar-refractivity contribution in [3.05, 3.63) is 28.3 Å². The van der Waals surface area contributed by atoms with E-state index < -0.39 is 16.9 Å².